The maximum atomic E-state index is 5.76. The summed E-state index contributed by atoms with van der Waals surface area (Å²) in [5.74, 6) is 0. The van der Waals surface area contributed by atoms with Gasteiger partial charge in [0.05, 0.1) is 0 Å². The molecule has 0 unspecified atom stereocenters. The van der Waals surface area contributed by atoms with Crippen LogP contribution >= 0.6 is 0 Å². The van der Waals surface area contributed by atoms with Gasteiger partial charge in [0, 0.05) is 5.70 Å². The highest BCUT2D eigenvalue weighted by Crippen LogP contribution is 2.20. The Hall–Kier alpha value is -1.76. The summed E-state index contributed by atoms with van der Waals surface area (Å²) in [4.78, 5) is 0. The Bertz CT molecular complexity index is 475. The van der Waals surface area contributed by atoms with E-state index >= 15 is 0 Å². The molecule has 0 aliphatic rings. The number of rotatable bonds is 6. The highest BCUT2D eigenvalue weighted by Gasteiger charge is 1.99. The third kappa shape index (κ3) is 4.44. The Labute approximate surface area is 117 Å². The highest BCUT2D eigenvalue weighted by molar-refractivity contribution is 5.67. The molecule has 0 saturated carbocycles. The molecule has 0 aliphatic carbocycles. The first-order valence-corrected chi connectivity index (χ1v) is 7.06. The number of allylic oxidation sites excluding steroid dienone is 4. The molecule has 0 saturated heterocycles. The van der Waals surface area contributed by atoms with E-state index in [-0.39, 0.29) is 0 Å². The minimum absolute atomic E-state index is 0.663. The fraction of sp³-hybridized carbons (Fsp3) is 0.333. The molecule has 0 aromatic heterocycles. The maximum Gasteiger partial charge on any atom is 0.0273 e. The predicted octanol–water partition coefficient (Wildman–Crippen LogP) is 4.85. The Balaban J connectivity index is 3.01. The van der Waals surface area contributed by atoms with Gasteiger partial charge in [-0.05, 0) is 41.5 Å². The molecule has 19 heavy (non-hydrogen) atoms. The first-order chi connectivity index (χ1) is 9.12. The van der Waals surface area contributed by atoms with Crippen molar-refractivity contribution in [1.82, 2.24) is 0 Å². The zero-order valence-electron chi connectivity index (χ0n) is 12.4. The zero-order chi connectivity index (χ0) is 14.3. The summed E-state index contributed by atoms with van der Waals surface area (Å²) in [6.07, 6.45) is 7.26. The number of hydrogen-bond acceptors (Lipinski definition) is 1. The van der Waals surface area contributed by atoms with Crippen molar-refractivity contribution >= 4 is 5.57 Å². The molecular weight excluding hydrogens is 230 g/mol. The van der Waals surface area contributed by atoms with Crippen LogP contribution in [-0.2, 0) is 6.42 Å². The summed E-state index contributed by atoms with van der Waals surface area (Å²) in [6, 6.07) is 8.80. The fourth-order valence-corrected chi connectivity index (χ4v) is 2.03. The molecule has 0 aliphatic heterocycles. The first-order valence-electron chi connectivity index (χ1n) is 7.06. The molecule has 0 fully saturated rings. The van der Waals surface area contributed by atoms with Gasteiger partial charge in [0.2, 0.25) is 0 Å². The van der Waals surface area contributed by atoms with Crippen molar-refractivity contribution in [3.8, 4) is 0 Å². The van der Waals surface area contributed by atoms with E-state index in [1.165, 1.54) is 16.7 Å². The second-order valence-electron chi connectivity index (χ2n) is 4.67. The lowest BCUT2D eigenvalue weighted by Gasteiger charge is -2.06. The number of benzene rings is 1. The molecule has 1 aromatic carbocycles. The van der Waals surface area contributed by atoms with Crippen LogP contribution in [0.2, 0.25) is 0 Å². The van der Waals surface area contributed by atoms with Crippen molar-refractivity contribution in [2.24, 2.45) is 5.73 Å². The van der Waals surface area contributed by atoms with Gasteiger partial charge in [-0.1, -0.05) is 63.8 Å². The molecule has 0 radical (unpaired) electrons. The lowest BCUT2D eigenvalue weighted by molar-refractivity contribution is 1.09. The van der Waals surface area contributed by atoms with Crippen LogP contribution in [0.4, 0.5) is 0 Å². The first kappa shape index (κ1) is 15.3. The summed E-state index contributed by atoms with van der Waals surface area (Å²) in [7, 11) is 0. The molecule has 1 aromatic rings. The van der Waals surface area contributed by atoms with E-state index in [0.29, 0.717) is 5.70 Å². The molecule has 2 N–H and O–H groups in total. The molecule has 0 amide bonds. The van der Waals surface area contributed by atoms with E-state index in [1.807, 2.05) is 0 Å². The molecule has 1 rings (SSSR count). The monoisotopic (exact) mass is 255 g/mol. The summed E-state index contributed by atoms with van der Waals surface area (Å²) in [5.41, 5.74) is 11.5. The highest BCUT2D eigenvalue weighted by atomic mass is 14.6. The van der Waals surface area contributed by atoms with E-state index in [4.69, 9.17) is 5.73 Å². The Morgan fingerprint density at radius 3 is 2.11 bits per heavy atom. The van der Waals surface area contributed by atoms with Crippen LogP contribution in [-0.4, -0.2) is 0 Å². The van der Waals surface area contributed by atoms with Crippen molar-refractivity contribution in [2.75, 3.05) is 0 Å². The zero-order valence-corrected chi connectivity index (χ0v) is 12.4. The average Bonchev–Trinajstić information content (AvgIpc) is 2.43. The molecule has 0 bridgehead atoms. The minimum atomic E-state index is 0.663. The molecule has 0 heterocycles. The minimum Gasteiger partial charge on any atom is -0.399 e. The average molecular weight is 255 g/mol. The molecule has 102 valence electrons. The van der Waals surface area contributed by atoms with Gasteiger partial charge in [-0.2, -0.15) is 0 Å². The Morgan fingerprint density at radius 2 is 1.68 bits per heavy atom. The fourth-order valence-electron chi connectivity index (χ4n) is 2.03. The van der Waals surface area contributed by atoms with Crippen LogP contribution in [0.5, 0.6) is 0 Å². The predicted molar refractivity (Wildman–Crippen MR) is 85.8 cm³/mol. The number of hydrogen-bond donors (Lipinski definition) is 1. The third-order valence-electron chi connectivity index (χ3n) is 3.39. The second kappa shape index (κ2) is 7.63. The van der Waals surface area contributed by atoms with Gasteiger partial charge in [-0.3, -0.25) is 0 Å². The van der Waals surface area contributed by atoms with E-state index in [1.54, 1.807) is 0 Å². The Kier molecular flexibility index (Phi) is 6.14. The molecule has 0 spiro atoms. The summed E-state index contributed by atoms with van der Waals surface area (Å²) < 4.78 is 0. The van der Waals surface area contributed by atoms with Gasteiger partial charge < -0.3 is 5.73 Å². The van der Waals surface area contributed by atoms with E-state index < -0.39 is 0 Å². The van der Waals surface area contributed by atoms with Gasteiger partial charge in [-0.25, -0.2) is 0 Å². The van der Waals surface area contributed by atoms with Gasteiger partial charge in [0.15, 0.2) is 0 Å². The summed E-state index contributed by atoms with van der Waals surface area (Å²) >= 11 is 0. The summed E-state index contributed by atoms with van der Waals surface area (Å²) in [6.45, 7) is 10.3. The van der Waals surface area contributed by atoms with Crippen LogP contribution in [0.15, 0.2) is 54.3 Å². The number of aryl methyl sites for hydroxylation is 1. The van der Waals surface area contributed by atoms with Crippen LogP contribution in [0.3, 0.4) is 0 Å². The van der Waals surface area contributed by atoms with Crippen LogP contribution in [0.25, 0.3) is 5.57 Å². The van der Waals surface area contributed by atoms with Crippen LogP contribution in [0.1, 0.15) is 44.7 Å². The molecule has 1 nitrogen and oxygen atoms in total. The standard InChI is InChI=1S/C18H25N/c1-5-15-8-10-18(11-9-15)17(7-3)13-12-16(6-2)14(4)19/h8-13H,4-7,19H2,1-3H3/b16-12+,17-13+. The molecule has 0 atom stereocenters. The van der Waals surface area contributed by atoms with Crippen LogP contribution < -0.4 is 5.73 Å². The largest absolute Gasteiger partial charge is 0.399 e. The van der Waals surface area contributed by atoms with Crippen molar-refractivity contribution < 1.29 is 0 Å². The summed E-state index contributed by atoms with van der Waals surface area (Å²) in [5, 5.41) is 0. The lowest BCUT2D eigenvalue weighted by atomic mass is 10.00. The number of nitrogens with two attached hydrogens (primary N) is 1. The molecule has 1 heteroatoms. The van der Waals surface area contributed by atoms with Crippen molar-refractivity contribution in [3.05, 3.63) is 65.4 Å². The van der Waals surface area contributed by atoms with E-state index in [0.717, 1.165) is 24.8 Å². The molecular formula is C18H25N. The van der Waals surface area contributed by atoms with Gasteiger partial charge >= 0.3 is 0 Å². The third-order valence-corrected chi connectivity index (χ3v) is 3.39. The Morgan fingerprint density at radius 1 is 1.05 bits per heavy atom. The van der Waals surface area contributed by atoms with Crippen molar-refractivity contribution in [3.63, 3.8) is 0 Å². The van der Waals surface area contributed by atoms with Gasteiger partial charge in [0.1, 0.15) is 0 Å². The SMILES string of the molecule is C=C(N)/C(=C/C=C(\CC)c1ccc(CC)cc1)CC. The smallest absolute Gasteiger partial charge is 0.0273 e. The van der Waals surface area contributed by atoms with Gasteiger partial charge in [0.25, 0.3) is 0 Å². The normalized spacial score (nSPS) is 12.6. The van der Waals surface area contributed by atoms with Gasteiger partial charge in [-0.15, -0.1) is 0 Å². The quantitative estimate of drug-likeness (QED) is 0.722. The van der Waals surface area contributed by atoms with Crippen molar-refractivity contribution in [1.29, 1.82) is 0 Å². The van der Waals surface area contributed by atoms with Crippen LogP contribution in [0, 0.1) is 0 Å². The van der Waals surface area contributed by atoms with E-state index in [9.17, 15) is 0 Å². The maximum absolute atomic E-state index is 5.76. The van der Waals surface area contributed by atoms with E-state index in [2.05, 4.69) is 63.8 Å². The van der Waals surface area contributed by atoms with Crippen molar-refractivity contribution in [2.45, 2.75) is 40.0 Å². The lowest BCUT2D eigenvalue weighted by Crippen LogP contribution is -1.97. The second-order valence-corrected chi connectivity index (χ2v) is 4.67. The topological polar surface area (TPSA) is 26.0 Å².